The molecule has 1 saturated heterocycles. The molecule has 0 spiro atoms. The fourth-order valence-corrected chi connectivity index (χ4v) is 3.49. The summed E-state index contributed by atoms with van der Waals surface area (Å²) in [7, 11) is 0. The van der Waals surface area contributed by atoms with E-state index in [0.717, 1.165) is 25.7 Å². The van der Waals surface area contributed by atoms with Gasteiger partial charge < -0.3 is 10.4 Å². The number of rotatable bonds is 8. The standard InChI is InChI=1S/C16H30N2O3/c1-5-8-12(3)17-14(19)13(4)18-11-7-10-16(18,9-6-2)15(20)21/h12-13H,5-11H2,1-4H3,(H,17,19)(H,20,21). The molecule has 0 bridgehead atoms. The Morgan fingerprint density at radius 1 is 1.29 bits per heavy atom. The van der Waals surface area contributed by atoms with Crippen LogP contribution in [0.3, 0.4) is 0 Å². The summed E-state index contributed by atoms with van der Waals surface area (Å²) in [6, 6.07) is -0.257. The van der Waals surface area contributed by atoms with E-state index in [-0.39, 0.29) is 11.9 Å². The number of hydrogen-bond donors (Lipinski definition) is 2. The van der Waals surface area contributed by atoms with Crippen molar-refractivity contribution >= 4 is 11.9 Å². The van der Waals surface area contributed by atoms with Gasteiger partial charge in [-0.2, -0.15) is 0 Å². The molecule has 0 radical (unpaired) electrons. The smallest absolute Gasteiger partial charge is 0.324 e. The van der Waals surface area contributed by atoms with Gasteiger partial charge in [-0.05, 0) is 39.5 Å². The van der Waals surface area contributed by atoms with Crippen LogP contribution in [0.2, 0.25) is 0 Å². The van der Waals surface area contributed by atoms with Crippen LogP contribution in [-0.2, 0) is 9.59 Å². The minimum absolute atomic E-state index is 0.0559. The summed E-state index contributed by atoms with van der Waals surface area (Å²) in [4.78, 5) is 26.1. The van der Waals surface area contributed by atoms with Crippen LogP contribution in [0.1, 0.15) is 66.2 Å². The Morgan fingerprint density at radius 3 is 2.48 bits per heavy atom. The lowest BCUT2D eigenvalue weighted by Gasteiger charge is -2.38. The molecular weight excluding hydrogens is 268 g/mol. The molecule has 3 unspecified atom stereocenters. The zero-order valence-electron chi connectivity index (χ0n) is 13.8. The first-order valence-corrected chi connectivity index (χ1v) is 8.19. The summed E-state index contributed by atoms with van der Waals surface area (Å²) in [5.74, 6) is -0.845. The average molecular weight is 298 g/mol. The second-order valence-electron chi connectivity index (χ2n) is 6.26. The van der Waals surface area contributed by atoms with Gasteiger partial charge in [0.25, 0.3) is 0 Å². The van der Waals surface area contributed by atoms with Crippen LogP contribution in [0.15, 0.2) is 0 Å². The largest absolute Gasteiger partial charge is 0.480 e. The van der Waals surface area contributed by atoms with Crippen molar-refractivity contribution in [2.45, 2.75) is 83.8 Å². The van der Waals surface area contributed by atoms with E-state index >= 15 is 0 Å². The van der Waals surface area contributed by atoms with Crippen LogP contribution in [0.5, 0.6) is 0 Å². The van der Waals surface area contributed by atoms with Crippen LogP contribution in [-0.4, -0.2) is 46.1 Å². The maximum atomic E-state index is 12.4. The topological polar surface area (TPSA) is 69.6 Å². The van der Waals surface area contributed by atoms with E-state index in [2.05, 4.69) is 12.2 Å². The van der Waals surface area contributed by atoms with E-state index in [1.807, 2.05) is 25.7 Å². The van der Waals surface area contributed by atoms with E-state index in [1.165, 1.54) is 0 Å². The van der Waals surface area contributed by atoms with E-state index in [9.17, 15) is 14.7 Å². The highest BCUT2D eigenvalue weighted by atomic mass is 16.4. The predicted molar refractivity (Wildman–Crippen MR) is 83.2 cm³/mol. The summed E-state index contributed by atoms with van der Waals surface area (Å²) >= 11 is 0. The van der Waals surface area contributed by atoms with Crippen LogP contribution in [0, 0.1) is 0 Å². The Balaban J connectivity index is 2.81. The molecule has 0 saturated carbocycles. The van der Waals surface area contributed by atoms with Gasteiger partial charge in [0.05, 0.1) is 6.04 Å². The van der Waals surface area contributed by atoms with Gasteiger partial charge in [0, 0.05) is 12.6 Å². The Labute approximate surface area is 128 Å². The average Bonchev–Trinajstić information content (AvgIpc) is 2.83. The number of nitrogens with one attached hydrogen (secondary N) is 1. The molecule has 1 aliphatic heterocycles. The van der Waals surface area contributed by atoms with Crippen molar-refractivity contribution in [3.63, 3.8) is 0 Å². The molecule has 1 amide bonds. The summed E-state index contributed by atoms with van der Waals surface area (Å²) in [5, 5.41) is 12.7. The minimum atomic E-state index is -0.862. The Hall–Kier alpha value is -1.10. The Kier molecular flexibility index (Phi) is 6.65. The maximum absolute atomic E-state index is 12.4. The zero-order chi connectivity index (χ0) is 16.0. The normalized spacial score (nSPS) is 25.5. The van der Waals surface area contributed by atoms with Crippen molar-refractivity contribution in [2.75, 3.05) is 6.54 Å². The van der Waals surface area contributed by atoms with E-state index in [0.29, 0.717) is 19.4 Å². The highest BCUT2D eigenvalue weighted by molar-refractivity contribution is 5.84. The quantitative estimate of drug-likeness (QED) is 0.722. The highest BCUT2D eigenvalue weighted by Crippen LogP contribution is 2.35. The monoisotopic (exact) mass is 298 g/mol. The van der Waals surface area contributed by atoms with Gasteiger partial charge in [0.1, 0.15) is 5.54 Å². The Morgan fingerprint density at radius 2 is 1.95 bits per heavy atom. The molecular formula is C16H30N2O3. The summed E-state index contributed by atoms with van der Waals surface area (Å²) in [6.45, 7) is 8.59. The van der Waals surface area contributed by atoms with Crippen molar-refractivity contribution in [3.05, 3.63) is 0 Å². The molecule has 2 N–H and O–H groups in total. The van der Waals surface area contributed by atoms with E-state index in [1.54, 1.807) is 0 Å². The van der Waals surface area contributed by atoms with E-state index < -0.39 is 17.6 Å². The summed E-state index contributed by atoms with van der Waals surface area (Å²) in [6.07, 6.45) is 4.85. The number of likely N-dealkylation sites (tertiary alicyclic amines) is 1. The molecule has 1 rings (SSSR count). The molecule has 1 aliphatic rings. The van der Waals surface area contributed by atoms with Gasteiger partial charge in [-0.15, -0.1) is 0 Å². The first-order chi connectivity index (χ1) is 9.89. The lowest BCUT2D eigenvalue weighted by Crippen LogP contribution is -2.58. The fourth-order valence-electron chi connectivity index (χ4n) is 3.49. The number of carboxylic acids is 1. The Bertz CT molecular complexity index is 373. The molecule has 0 aromatic rings. The molecule has 21 heavy (non-hydrogen) atoms. The number of amides is 1. The molecule has 122 valence electrons. The van der Waals surface area contributed by atoms with Crippen molar-refractivity contribution in [1.29, 1.82) is 0 Å². The van der Waals surface area contributed by atoms with Crippen molar-refractivity contribution in [3.8, 4) is 0 Å². The molecule has 5 heteroatoms. The molecule has 1 heterocycles. The number of aliphatic carboxylic acids is 1. The van der Waals surface area contributed by atoms with E-state index in [4.69, 9.17) is 0 Å². The highest BCUT2D eigenvalue weighted by Gasteiger charge is 2.49. The van der Waals surface area contributed by atoms with Crippen molar-refractivity contribution < 1.29 is 14.7 Å². The third kappa shape index (κ3) is 3.96. The number of carboxylic acid groups (broad SMARTS) is 1. The SMILES string of the molecule is CCCC(C)NC(=O)C(C)N1CCCC1(CCC)C(=O)O. The first kappa shape index (κ1) is 18.0. The van der Waals surface area contributed by atoms with Crippen LogP contribution >= 0.6 is 0 Å². The number of hydrogen-bond acceptors (Lipinski definition) is 3. The van der Waals surface area contributed by atoms with Crippen LogP contribution in [0.25, 0.3) is 0 Å². The summed E-state index contributed by atoms with van der Waals surface area (Å²) in [5.41, 5.74) is -0.862. The second kappa shape index (κ2) is 7.78. The predicted octanol–water partition coefficient (Wildman–Crippen LogP) is 2.40. The maximum Gasteiger partial charge on any atom is 0.324 e. The zero-order valence-corrected chi connectivity index (χ0v) is 13.8. The van der Waals surface area contributed by atoms with Gasteiger partial charge >= 0.3 is 5.97 Å². The second-order valence-corrected chi connectivity index (χ2v) is 6.26. The fraction of sp³-hybridized carbons (Fsp3) is 0.875. The molecule has 1 fully saturated rings. The number of carbonyl (C=O) groups is 2. The third-order valence-corrected chi connectivity index (χ3v) is 4.56. The molecule has 3 atom stereocenters. The van der Waals surface area contributed by atoms with Gasteiger partial charge in [0.2, 0.25) is 5.91 Å². The third-order valence-electron chi connectivity index (χ3n) is 4.56. The number of nitrogens with zero attached hydrogens (tertiary/aromatic N) is 1. The van der Waals surface area contributed by atoms with Crippen LogP contribution in [0.4, 0.5) is 0 Å². The van der Waals surface area contributed by atoms with Crippen molar-refractivity contribution in [2.24, 2.45) is 0 Å². The molecule has 0 aliphatic carbocycles. The summed E-state index contributed by atoms with van der Waals surface area (Å²) < 4.78 is 0. The molecule has 0 aromatic heterocycles. The molecule has 0 aromatic carbocycles. The van der Waals surface area contributed by atoms with Gasteiger partial charge in [-0.25, -0.2) is 0 Å². The lowest BCUT2D eigenvalue weighted by atomic mass is 9.89. The van der Waals surface area contributed by atoms with Crippen molar-refractivity contribution in [1.82, 2.24) is 10.2 Å². The van der Waals surface area contributed by atoms with Gasteiger partial charge in [-0.3, -0.25) is 14.5 Å². The number of carbonyl (C=O) groups excluding carboxylic acids is 1. The molecule has 5 nitrogen and oxygen atoms in total. The minimum Gasteiger partial charge on any atom is -0.480 e. The van der Waals surface area contributed by atoms with Gasteiger partial charge in [0.15, 0.2) is 0 Å². The van der Waals surface area contributed by atoms with Crippen LogP contribution < -0.4 is 5.32 Å². The lowest BCUT2D eigenvalue weighted by molar-refractivity contribution is -0.153. The van der Waals surface area contributed by atoms with Gasteiger partial charge in [-0.1, -0.05) is 26.7 Å². The first-order valence-electron chi connectivity index (χ1n) is 8.19.